The molecule has 0 spiro atoms. The molecular weight excluding hydrogens is 160 g/mol. The molecule has 0 unspecified atom stereocenters. The fourth-order valence-electron chi connectivity index (χ4n) is 1.18. The van der Waals surface area contributed by atoms with Gasteiger partial charge >= 0.3 is 0 Å². The second-order valence-electron chi connectivity index (χ2n) is 2.82. The third kappa shape index (κ3) is 3.06. The van der Waals surface area contributed by atoms with Gasteiger partial charge in [-0.2, -0.15) is 0 Å². The van der Waals surface area contributed by atoms with Crippen LogP contribution in [-0.4, -0.2) is 22.3 Å². The second kappa shape index (κ2) is 4.54. The van der Waals surface area contributed by atoms with Gasteiger partial charge in [-0.25, -0.2) is 0 Å². The quantitative estimate of drug-likeness (QED) is 0.464. The fourth-order valence-corrected chi connectivity index (χ4v) is 2.47. The molecule has 2 nitrogen and oxygen atoms in total. The van der Waals surface area contributed by atoms with Crippen molar-refractivity contribution in [2.45, 2.75) is 12.8 Å². The van der Waals surface area contributed by atoms with Crippen molar-refractivity contribution in [3.05, 3.63) is 12.8 Å². The summed E-state index contributed by atoms with van der Waals surface area (Å²) in [5.74, 6) is 2.52. The molecule has 0 radical (unpaired) electrons. The topological polar surface area (TPSA) is 26.3 Å². The molecule has 0 aromatic carbocycles. The largest absolute Gasteiger partial charge is 0.502 e. The number of hydrogen-bond acceptors (Lipinski definition) is 2. The molecule has 0 atom stereocenters. The number of hydrogen-bond donors (Lipinski definition) is 0. The predicted molar refractivity (Wildman–Crippen MR) is 46.7 cm³/mol. The van der Waals surface area contributed by atoms with Crippen molar-refractivity contribution in [1.29, 1.82) is 0 Å². The van der Waals surface area contributed by atoms with Crippen LogP contribution in [0.2, 0.25) is 0 Å². The number of ether oxygens (including phenoxy) is 1. The molecule has 0 saturated carbocycles. The van der Waals surface area contributed by atoms with Crippen LogP contribution >= 0.6 is 0 Å². The van der Waals surface area contributed by atoms with Crippen LogP contribution in [0.5, 0.6) is 0 Å². The zero-order valence-corrected chi connectivity index (χ0v) is 7.44. The molecule has 1 rings (SSSR count). The van der Waals surface area contributed by atoms with Crippen molar-refractivity contribution in [3.63, 3.8) is 0 Å². The van der Waals surface area contributed by atoms with Gasteiger partial charge in [-0.15, -0.1) is 0 Å². The minimum Gasteiger partial charge on any atom is -0.502 e. The van der Waals surface area contributed by atoms with Gasteiger partial charge < -0.3 is 4.74 Å². The van der Waals surface area contributed by atoms with Crippen molar-refractivity contribution in [1.82, 2.24) is 0 Å². The molecule has 1 heterocycles. The molecule has 0 aromatic heterocycles. The highest BCUT2D eigenvalue weighted by Gasteiger charge is 2.24. The summed E-state index contributed by atoms with van der Waals surface area (Å²) < 4.78 is 15.6. The van der Waals surface area contributed by atoms with E-state index in [4.69, 9.17) is 4.74 Å². The third-order valence-electron chi connectivity index (χ3n) is 1.84. The van der Waals surface area contributed by atoms with Gasteiger partial charge in [0.15, 0.2) is 0 Å². The SMILES string of the molecule is C=COCCCC1CS(=O)C1. The Labute approximate surface area is 70.1 Å². The van der Waals surface area contributed by atoms with E-state index in [2.05, 4.69) is 6.58 Å². The zero-order valence-electron chi connectivity index (χ0n) is 6.62. The monoisotopic (exact) mass is 174 g/mol. The summed E-state index contributed by atoms with van der Waals surface area (Å²) >= 11 is 0. The lowest BCUT2D eigenvalue weighted by Gasteiger charge is -2.24. The van der Waals surface area contributed by atoms with Gasteiger partial charge in [-0.3, -0.25) is 4.21 Å². The van der Waals surface area contributed by atoms with Crippen LogP contribution in [0, 0.1) is 5.92 Å². The Bertz CT molecular complexity index is 148. The molecule has 1 saturated heterocycles. The third-order valence-corrected chi connectivity index (χ3v) is 3.52. The molecule has 0 bridgehead atoms. The highest BCUT2D eigenvalue weighted by molar-refractivity contribution is 7.86. The second-order valence-corrected chi connectivity index (χ2v) is 4.37. The van der Waals surface area contributed by atoms with E-state index >= 15 is 0 Å². The summed E-state index contributed by atoms with van der Waals surface area (Å²) in [6.07, 6.45) is 3.69. The summed E-state index contributed by atoms with van der Waals surface area (Å²) in [6.45, 7) is 4.21. The van der Waals surface area contributed by atoms with Gasteiger partial charge in [0.25, 0.3) is 0 Å². The van der Waals surface area contributed by atoms with E-state index in [9.17, 15) is 4.21 Å². The summed E-state index contributed by atoms with van der Waals surface area (Å²) in [6, 6.07) is 0. The van der Waals surface area contributed by atoms with Crippen LogP contribution < -0.4 is 0 Å². The van der Waals surface area contributed by atoms with E-state index in [0.29, 0.717) is 5.92 Å². The van der Waals surface area contributed by atoms with Crippen LogP contribution in [0.25, 0.3) is 0 Å². The Balaban J connectivity index is 1.88. The smallest absolute Gasteiger partial charge is 0.0873 e. The first-order chi connectivity index (χ1) is 5.33. The van der Waals surface area contributed by atoms with Crippen molar-refractivity contribution >= 4 is 10.8 Å². The average Bonchev–Trinajstić information content (AvgIpc) is 1.94. The molecule has 3 heteroatoms. The molecule has 0 aromatic rings. The van der Waals surface area contributed by atoms with E-state index in [1.165, 1.54) is 6.26 Å². The standard InChI is InChI=1S/C8H14O2S/c1-2-10-5-3-4-8-6-11(9)7-8/h2,8H,1,3-7H2. The van der Waals surface area contributed by atoms with Gasteiger partial charge in [0, 0.05) is 22.3 Å². The normalized spacial score (nSPS) is 29.1. The van der Waals surface area contributed by atoms with Crippen LogP contribution in [0.1, 0.15) is 12.8 Å². The van der Waals surface area contributed by atoms with Crippen molar-refractivity contribution < 1.29 is 8.95 Å². The zero-order chi connectivity index (χ0) is 8.10. The Kier molecular flexibility index (Phi) is 3.63. The molecule has 1 aliphatic rings. The van der Waals surface area contributed by atoms with Crippen LogP contribution in [0.15, 0.2) is 12.8 Å². The Morgan fingerprint density at radius 3 is 2.91 bits per heavy atom. The summed E-state index contributed by atoms with van der Waals surface area (Å²) in [4.78, 5) is 0. The molecule has 11 heavy (non-hydrogen) atoms. The fraction of sp³-hybridized carbons (Fsp3) is 0.750. The molecular formula is C8H14O2S. The average molecular weight is 174 g/mol. The molecule has 0 aliphatic carbocycles. The van der Waals surface area contributed by atoms with E-state index in [-0.39, 0.29) is 0 Å². The van der Waals surface area contributed by atoms with Crippen molar-refractivity contribution in [2.75, 3.05) is 18.1 Å². The van der Waals surface area contributed by atoms with Gasteiger partial charge in [-0.1, -0.05) is 6.58 Å². The van der Waals surface area contributed by atoms with E-state index in [1.54, 1.807) is 0 Å². The van der Waals surface area contributed by atoms with Crippen LogP contribution in [0.4, 0.5) is 0 Å². The summed E-state index contributed by atoms with van der Waals surface area (Å²) in [5, 5.41) is 0. The molecule has 1 fully saturated rings. The van der Waals surface area contributed by atoms with Gasteiger partial charge in [0.1, 0.15) is 0 Å². The van der Waals surface area contributed by atoms with Gasteiger partial charge in [0.2, 0.25) is 0 Å². The summed E-state index contributed by atoms with van der Waals surface area (Å²) in [5.41, 5.74) is 0. The Morgan fingerprint density at radius 2 is 2.36 bits per heavy atom. The molecule has 0 amide bonds. The van der Waals surface area contributed by atoms with Gasteiger partial charge in [0.05, 0.1) is 12.9 Å². The summed E-state index contributed by atoms with van der Waals surface area (Å²) in [7, 11) is -0.490. The molecule has 64 valence electrons. The lowest BCUT2D eigenvalue weighted by molar-refractivity contribution is 0.237. The lowest BCUT2D eigenvalue weighted by atomic mass is 10.1. The first-order valence-electron chi connectivity index (χ1n) is 3.90. The Morgan fingerprint density at radius 1 is 1.64 bits per heavy atom. The van der Waals surface area contributed by atoms with E-state index in [0.717, 1.165) is 31.0 Å². The maximum atomic E-state index is 10.7. The number of rotatable bonds is 5. The first kappa shape index (κ1) is 8.78. The minimum atomic E-state index is -0.490. The van der Waals surface area contributed by atoms with E-state index in [1.807, 2.05) is 0 Å². The van der Waals surface area contributed by atoms with E-state index < -0.39 is 10.8 Å². The maximum Gasteiger partial charge on any atom is 0.0873 e. The van der Waals surface area contributed by atoms with Crippen molar-refractivity contribution in [3.8, 4) is 0 Å². The predicted octanol–water partition coefficient (Wildman–Crippen LogP) is 1.31. The lowest BCUT2D eigenvalue weighted by Crippen LogP contribution is -2.30. The van der Waals surface area contributed by atoms with Crippen molar-refractivity contribution in [2.24, 2.45) is 5.92 Å². The highest BCUT2D eigenvalue weighted by atomic mass is 32.2. The van der Waals surface area contributed by atoms with Crippen LogP contribution in [0.3, 0.4) is 0 Å². The van der Waals surface area contributed by atoms with Gasteiger partial charge in [-0.05, 0) is 18.8 Å². The maximum absolute atomic E-state index is 10.7. The molecule has 1 aliphatic heterocycles. The van der Waals surface area contributed by atoms with Crippen LogP contribution in [-0.2, 0) is 15.5 Å². The highest BCUT2D eigenvalue weighted by Crippen LogP contribution is 2.19. The minimum absolute atomic E-state index is 0.490. The first-order valence-corrected chi connectivity index (χ1v) is 5.39. The molecule has 0 N–H and O–H groups in total. The Hall–Kier alpha value is -0.310.